The van der Waals surface area contributed by atoms with Crippen molar-refractivity contribution >= 4 is 10.8 Å². The zero-order valence-electron chi connectivity index (χ0n) is 21.2. The molecule has 6 atom stereocenters. The predicted octanol–water partition coefficient (Wildman–Crippen LogP) is 7.35. The van der Waals surface area contributed by atoms with Crippen molar-refractivity contribution in [3.05, 3.63) is 71.3 Å². The summed E-state index contributed by atoms with van der Waals surface area (Å²) in [5.41, 5.74) is 4.49. The first-order chi connectivity index (χ1) is 17.0. The van der Waals surface area contributed by atoms with Crippen LogP contribution in [0.1, 0.15) is 69.8 Å². The van der Waals surface area contributed by atoms with Crippen LogP contribution >= 0.6 is 0 Å². The van der Waals surface area contributed by atoms with E-state index in [2.05, 4.69) is 73.5 Å². The van der Waals surface area contributed by atoms with Crippen LogP contribution in [0.2, 0.25) is 0 Å². The number of hydrogen-bond donors (Lipinski definition) is 0. The highest BCUT2D eigenvalue weighted by Crippen LogP contribution is 2.69. The van der Waals surface area contributed by atoms with Crippen LogP contribution in [0.5, 0.6) is 0 Å². The van der Waals surface area contributed by atoms with Crippen molar-refractivity contribution in [3.8, 4) is 0 Å². The first kappa shape index (κ1) is 22.2. The Bertz CT molecular complexity index is 1230. The highest BCUT2D eigenvalue weighted by atomic mass is 19.1. The first-order valence-electron chi connectivity index (χ1n) is 13.8. The molecule has 3 heteroatoms. The molecule has 0 amide bonds. The number of fused-ring (bicyclic) bond motifs is 2. The number of benzene rings is 2. The monoisotopic (exact) mass is 471 g/mol. The molecular weight excluding hydrogens is 433 g/mol. The van der Waals surface area contributed by atoms with E-state index >= 15 is 0 Å². The summed E-state index contributed by atoms with van der Waals surface area (Å²) in [5.74, 6) is 1.14. The summed E-state index contributed by atoms with van der Waals surface area (Å²) in [6, 6.07) is 16.3. The van der Waals surface area contributed by atoms with Crippen LogP contribution in [0.15, 0.2) is 65.8 Å². The largest absolute Gasteiger partial charge is 0.359 e. The van der Waals surface area contributed by atoms with Crippen LogP contribution in [0.4, 0.5) is 4.39 Å². The van der Waals surface area contributed by atoms with E-state index < -0.39 is 0 Å². The summed E-state index contributed by atoms with van der Waals surface area (Å²) in [4.78, 5) is 2.24. The van der Waals surface area contributed by atoms with Crippen LogP contribution in [-0.4, -0.2) is 42.4 Å². The highest BCUT2D eigenvalue weighted by Gasteiger charge is 2.66. The Morgan fingerprint density at radius 3 is 2.77 bits per heavy atom. The van der Waals surface area contributed by atoms with Gasteiger partial charge in [0.05, 0.1) is 11.2 Å². The van der Waals surface area contributed by atoms with Gasteiger partial charge in [-0.25, -0.2) is 4.39 Å². The fraction of sp³-hybridized carbons (Fsp3) is 0.562. The Morgan fingerprint density at radius 1 is 1.06 bits per heavy atom. The summed E-state index contributed by atoms with van der Waals surface area (Å²) in [6.07, 6.45) is 14.3. The van der Waals surface area contributed by atoms with Gasteiger partial charge in [-0.15, -0.1) is 0 Å². The van der Waals surface area contributed by atoms with E-state index in [1.54, 1.807) is 0 Å². The minimum atomic E-state index is -0.267. The van der Waals surface area contributed by atoms with Gasteiger partial charge in [0, 0.05) is 12.6 Å². The number of hydrogen-bond acceptors (Lipinski definition) is 2. The van der Waals surface area contributed by atoms with Crippen LogP contribution in [-0.2, 0) is 4.74 Å². The molecule has 3 fully saturated rings. The summed E-state index contributed by atoms with van der Waals surface area (Å²) in [6.45, 7) is 2.82. The van der Waals surface area contributed by atoms with E-state index in [0.29, 0.717) is 24.4 Å². The van der Waals surface area contributed by atoms with Gasteiger partial charge in [0.2, 0.25) is 0 Å². The van der Waals surface area contributed by atoms with Crippen molar-refractivity contribution in [1.82, 2.24) is 4.90 Å². The average molecular weight is 472 g/mol. The lowest BCUT2D eigenvalue weighted by molar-refractivity contribution is -0.140. The van der Waals surface area contributed by atoms with Gasteiger partial charge in [0.25, 0.3) is 0 Å². The molecule has 2 spiro atoms. The fourth-order valence-corrected chi connectivity index (χ4v) is 9.05. The predicted molar refractivity (Wildman–Crippen MR) is 140 cm³/mol. The van der Waals surface area contributed by atoms with Gasteiger partial charge >= 0.3 is 0 Å². The zero-order valence-corrected chi connectivity index (χ0v) is 21.2. The normalized spacial score (nSPS) is 39.7. The van der Waals surface area contributed by atoms with Crippen molar-refractivity contribution in [2.45, 2.75) is 81.5 Å². The Hall–Kier alpha value is -1.97. The third-order valence-corrected chi connectivity index (χ3v) is 10.9. The molecule has 3 aliphatic carbocycles. The lowest BCUT2D eigenvalue weighted by Crippen LogP contribution is -2.55. The Balaban J connectivity index is 1.24. The molecule has 1 saturated heterocycles. The van der Waals surface area contributed by atoms with Gasteiger partial charge in [-0.1, -0.05) is 61.5 Å². The number of nitrogens with zero attached hydrogens (tertiary/aromatic N) is 1. The summed E-state index contributed by atoms with van der Waals surface area (Å²) in [7, 11) is 2.09. The van der Waals surface area contributed by atoms with Gasteiger partial charge in [0.1, 0.15) is 6.67 Å². The first-order valence-corrected chi connectivity index (χ1v) is 13.8. The summed E-state index contributed by atoms with van der Waals surface area (Å²) in [5, 5.41) is 2.69. The molecule has 2 heterocycles. The average Bonchev–Trinajstić information content (AvgIpc) is 3.38. The second-order valence-electron chi connectivity index (χ2n) is 12.4. The molecule has 184 valence electrons. The van der Waals surface area contributed by atoms with E-state index in [4.69, 9.17) is 4.74 Å². The van der Waals surface area contributed by atoms with Gasteiger partial charge in [-0.2, -0.15) is 0 Å². The lowest BCUT2D eigenvalue weighted by Gasteiger charge is -2.55. The molecule has 2 aromatic carbocycles. The van der Waals surface area contributed by atoms with Crippen LogP contribution in [0.3, 0.4) is 0 Å². The van der Waals surface area contributed by atoms with Crippen molar-refractivity contribution in [2.75, 3.05) is 20.3 Å². The molecule has 2 saturated carbocycles. The SMILES string of the molecule is CN(CCF)[C@H]1CCC2=CC3=CC[C@]4(C)C(c5ccc6ccccc6c5)CC[C@H]4C34CC[C@]2(C1)O4. The summed E-state index contributed by atoms with van der Waals surface area (Å²) < 4.78 is 20.5. The quantitative estimate of drug-likeness (QED) is 0.462. The van der Waals surface area contributed by atoms with Gasteiger partial charge in [0.15, 0.2) is 0 Å². The molecule has 2 unspecified atom stereocenters. The van der Waals surface area contributed by atoms with Gasteiger partial charge in [-0.05, 0) is 103 Å². The van der Waals surface area contributed by atoms with Crippen LogP contribution in [0.25, 0.3) is 10.8 Å². The van der Waals surface area contributed by atoms with Crippen LogP contribution in [0, 0.1) is 11.3 Å². The molecule has 2 bridgehead atoms. The van der Waals surface area contributed by atoms with Crippen molar-refractivity contribution < 1.29 is 9.13 Å². The fourth-order valence-electron chi connectivity index (χ4n) is 9.05. The number of alkyl halides is 1. The molecule has 0 radical (unpaired) electrons. The Morgan fingerprint density at radius 2 is 1.91 bits per heavy atom. The molecule has 2 nitrogen and oxygen atoms in total. The maximum absolute atomic E-state index is 13.1. The molecule has 7 rings (SSSR count). The Labute approximate surface area is 209 Å². The highest BCUT2D eigenvalue weighted by molar-refractivity contribution is 5.83. The number of allylic oxidation sites excluding steroid dienone is 1. The molecule has 2 aromatic rings. The molecule has 2 aliphatic heterocycles. The third kappa shape index (κ3) is 3.07. The Kier molecular flexibility index (Phi) is 4.93. The van der Waals surface area contributed by atoms with Crippen molar-refractivity contribution in [1.29, 1.82) is 0 Å². The smallest absolute Gasteiger partial charge is 0.102 e. The number of rotatable bonds is 4. The molecular formula is C32H38FNO. The van der Waals surface area contributed by atoms with Gasteiger partial charge < -0.3 is 9.64 Å². The van der Waals surface area contributed by atoms with E-state index in [1.807, 2.05) is 0 Å². The van der Waals surface area contributed by atoms with Crippen molar-refractivity contribution in [2.24, 2.45) is 11.3 Å². The van der Waals surface area contributed by atoms with Gasteiger partial charge in [-0.3, -0.25) is 0 Å². The minimum Gasteiger partial charge on any atom is -0.359 e. The minimum absolute atomic E-state index is 0.121. The van der Waals surface area contributed by atoms with E-state index in [9.17, 15) is 4.39 Å². The number of ether oxygens (including phenoxy) is 1. The number of halogens is 1. The zero-order chi connectivity index (χ0) is 23.8. The molecule has 35 heavy (non-hydrogen) atoms. The summed E-state index contributed by atoms with van der Waals surface area (Å²) >= 11 is 0. The third-order valence-electron chi connectivity index (χ3n) is 10.9. The second-order valence-corrected chi connectivity index (χ2v) is 12.4. The maximum Gasteiger partial charge on any atom is 0.102 e. The van der Waals surface area contributed by atoms with Crippen LogP contribution < -0.4 is 0 Å². The van der Waals surface area contributed by atoms with Crippen molar-refractivity contribution in [3.63, 3.8) is 0 Å². The maximum atomic E-state index is 13.1. The lowest BCUT2D eigenvalue weighted by atomic mass is 9.58. The topological polar surface area (TPSA) is 12.5 Å². The van der Waals surface area contributed by atoms with E-state index in [0.717, 1.165) is 38.5 Å². The second kappa shape index (κ2) is 7.76. The standard InChI is InChI=1S/C32H38FNO/c1-30-14-13-26-20-25-9-10-27(34(2)18-17-33)21-31(25)15-16-32(26,35-31)29(30)12-11-28(30)24-8-7-22-5-3-4-6-23(22)19-24/h3-8,13,19-20,27-29H,9-12,14-18,21H2,1-2H3/t27-,28?,29+,30+,31+,32?/m0/s1. The molecule has 5 aliphatic rings. The molecule has 0 aromatic heterocycles. The van der Waals surface area contributed by atoms with E-state index in [1.165, 1.54) is 40.3 Å². The van der Waals surface area contributed by atoms with E-state index in [-0.39, 0.29) is 23.3 Å². The molecule has 0 N–H and O–H groups in total.